The lowest BCUT2D eigenvalue weighted by Crippen LogP contribution is -2.41. The fourth-order valence-corrected chi connectivity index (χ4v) is 1.98. The Hall–Kier alpha value is -0.110. The summed E-state index contributed by atoms with van der Waals surface area (Å²) in [5.74, 6) is 0.763. The lowest BCUT2D eigenvalue weighted by molar-refractivity contribution is 0.100. The monoisotopic (exact) mass is 186 g/mol. The molecule has 1 heterocycles. The van der Waals surface area contributed by atoms with Crippen molar-refractivity contribution in [3.8, 4) is 0 Å². The highest BCUT2D eigenvalue weighted by atomic mass is 19.1. The standard InChI is InChI=1S/C11H21FN/c1-4-10-5-7-13(8-6-10)9-11(2,3)12/h4,10H,5-9H2,1-3H3. The average Bonchev–Trinajstić information content (AvgIpc) is 2.03. The lowest BCUT2D eigenvalue weighted by Gasteiger charge is -2.34. The van der Waals surface area contributed by atoms with E-state index in [9.17, 15) is 4.39 Å². The highest BCUT2D eigenvalue weighted by molar-refractivity contribution is 4.82. The van der Waals surface area contributed by atoms with Crippen molar-refractivity contribution in [2.75, 3.05) is 19.6 Å². The number of halogens is 1. The minimum Gasteiger partial charge on any atom is -0.300 e. The molecule has 1 radical (unpaired) electrons. The summed E-state index contributed by atoms with van der Waals surface area (Å²) in [5, 5.41) is 0. The molecule has 0 amide bonds. The van der Waals surface area contributed by atoms with E-state index >= 15 is 0 Å². The molecule has 0 N–H and O–H groups in total. The van der Waals surface area contributed by atoms with E-state index in [1.807, 2.05) is 0 Å². The molecule has 2 heteroatoms. The van der Waals surface area contributed by atoms with Crippen molar-refractivity contribution in [3.63, 3.8) is 0 Å². The van der Waals surface area contributed by atoms with Gasteiger partial charge in [-0.25, -0.2) is 4.39 Å². The van der Waals surface area contributed by atoms with Crippen LogP contribution in [0.5, 0.6) is 0 Å². The quantitative estimate of drug-likeness (QED) is 0.655. The van der Waals surface area contributed by atoms with Gasteiger partial charge in [0.2, 0.25) is 0 Å². The Bertz CT molecular complexity index is 143. The minimum atomic E-state index is -1.04. The Morgan fingerprint density at radius 1 is 1.38 bits per heavy atom. The zero-order valence-corrected chi connectivity index (χ0v) is 9.02. The van der Waals surface area contributed by atoms with Gasteiger partial charge in [-0.1, -0.05) is 6.92 Å². The maximum Gasteiger partial charge on any atom is 0.118 e. The summed E-state index contributed by atoms with van der Waals surface area (Å²) in [6, 6.07) is 0. The molecule has 77 valence electrons. The molecule has 1 aliphatic heterocycles. The lowest BCUT2D eigenvalue weighted by atomic mass is 9.94. The predicted octanol–water partition coefficient (Wildman–Crippen LogP) is 2.67. The van der Waals surface area contributed by atoms with Crippen molar-refractivity contribution in [1.82, 2.24) is 4.90 Å². The van der Waals surface area contributed by atoms with Crippen LogP contribution in [0.4, 0.5) is 4.39 Å². The van der Waals surface area contributed by atoms with Gasteiger partial charge in [-0.3, -0.25) is 0 Å². The molecule has 1 fully saturated rings. The van der Waals surface area contributed by atoms with Gasteiger partial charge in [-0.15, -0.1) is 0 Å². The normalized spacial score (nSPS) is 22.2. The highest BCUT2D eigenvalue weighted by Gasteiger charge is 2.24. The molecule has 0 aromatic heterocycles. The maximum atomic E-state index is 13.3. The van der Waals surface area contributed by atoms with E-state index in [1.165, 1.54) is 12.8 Å². The molecule has 0 unspecified atom stereocenters. The van der Waals surface area contributed by atoms with Crippen LogP contribution in [-0.2, 0) is 0 Å². The van der Waals surface area contributed by atoms with E-state index in [-0.39, 0.29) is 0 Å². The Balaban J connectivity index is 2.25. The van der Waals surface area contributed by atoms with Crippen LogP contribution in [0.3, 0.4) is 0 Å². The maximum absolute atomic E-state index is 13.3. The second-order valence-corrected chi connectivity index (χ2v) is 4.67. The predicted molar refractivity (Wildman–Crippen MR) is 54.3 cm³/mol. The van der Waals surface area contributed by atoms with Gasteiger partial charge in [-0.05, 0) is 52.1 Å². The molecule has 1 nitrogen and oxygen atoms in total. The van der Waals surface area contributed by atoms with Crippen molar-refractivity contribution < 1.29 is 4.39 Å². The zero-order chi connectivity index (χ0) is 9.90. The smallest absolute Gasteiger partial charge is 0.118 e. The molecule has 1 rings (SSSR count). The molecule has 0 spiro atoms. The van der Waals surface area contributed by atoms with Crippen LogP contribution in [0.15, 0.2) is 0 Å². The second-order valence-electron chi connectivity index (χ2n) is 4.67. The average molecular weight is 186 g/mol. The van der Waals surface area contributed by atoms with E-state index in [2.05, 4.69) is 18.2 Å². The van der Waals surface area contributed by atoms with Gasteiger partial charge in [0, 0.05) is 6.54 Å². The van der Waals surface area contributed by atoms with E-state index in [0.717, 1.165) is 19.0 Å². The van der Waals surface area contributed by atoms with E-state index in [4.69, 9.17) is 0 Å². The number of piperidine rings is 1. The molecule has 0 aliphatic carbocycles. The summed E-state index contributed by atoms with van der Waals surface area (Å²) >= 11 is 0. The first-order valence-corrected chi connectivity index (χ1v) is 5.22. The van der Waals surface area contributed by atoms with Gasteiger partial charge in [0.05, 0.1) is 0 Å². The summed E-state index contributed by atoms with van der Waals surface area (Å²) in [7, 11) is 0. The van der Waals surface area contributed by atoms with Gasteiger partial charge in [0.15, 0.2) is 0 Å². The minimum absolute atomic E-state index is 0.587. The Morgan fingerprint density at radius 3 is 2.31 bits per heavy atom. The third-order valence-corrected chi connectivity index (χ3v) is 2.70. The summed E-state index contributed by atoms with van der Waals surface area (Å²) in [6.45, 7) is 8.14. The van der Waals surface area contributed by atoms with Crippen molar-refractivity contribution in [2.24, 2.45) is 5.92 Å². The van der Waals surface area contributed by atoms with Crippen LogP contribution >= 0.6 is 0 Å². The molecule has 0 bridgehead atoms. The number of hydrogen-bond acceptors (Lipinski definition) is 1. The number of rotatable bonds is 3. The molecule has 1 saturated heterocycles. The van der Waals surface area contributed by atoms with Crippen molar-refractivity contribution in [2.45, 2.75) is 39.3 Å². The summed E-state index contributed by atoms with van der Waals surface area (Å²) in [4.78, 5) is 2.24. The third kappa shape index (κ3) is 4.08. The first kappa shape index (κ1) is 11.0. The SMILES string of the molecule is C[CH]C1CCN(CC(C)(C)F)CC1. The van der Waals surface area contributed by atoms with E-state index in [0.29, 0.717) is 6.54 Å². The van der Waals surface area contributed by atoms with E-state index < -0.39 is 5.67 Å². The second kappa shape index (κ2) is 4.41. The van der Waals surface area contributed by atoms with Gasteiger partial charge >= 0.3 is 0 Å². The zero-order valence-electron chi connectivity index (χ0n) is 9.02. The molecule has 1 aliphatic rings. The summed E-state index contributed by atoms with van der Waals surface area (Å²) in [6.07, 6.45) is 4.68. The molecule has 13 heavy (non-hydrogen) atoms. The first-order chi connectivity index (χ1) is 6.01. The number of nitrogens with zero attached hydrogens (tertiary/aromatic N) is 1. The van der Waals surface area contributed by atoms with E-state index in [1.54, 1.807) is 13.8 Å². The Labute approximate surface area is 81.3 Å². The van der Waals surface area contributed by atoms with Gasteiger partial charge in [0.1, 0.15) is 5.67 Å². The fraction of sp³-hybridized carbons (Fsp3) is 0.909. The van der Waals surface area contributed by atoms with Crippen molar-refractivity contribution in [1.29, 1.82) is 0 Å². The number of hydrogen-bond donors (Lipinski definition) is 0. The van der Waals surface area contributed by atoms with Gasteiger partial charge in [-0.2, -0.15) is 0 Å². The topological polar surface area (TPSA) is 3.24 Å². The third-order valence-electron chi connectivity index (χ3n) is 2.70. The first-order valence-electron chi connectivity index (χ1n) is 5.22. The van der Waals surface area contributed by atoms with Crippen molar-refractivity contribution >= 4 is 0 Å². The van der Waals surface area contributed by atoms with Crippen LogP contribution < -0.4 is 0 Å². The van der Waals surface area contributed by atoms with Crippen LogP contribution in [0.25, 0.3) is 0 Å². The number of likely N-dealkylation sites (tertiary alicyclic amines) is 1. The Morgan fingerprint density at radius 2 is 1.92 bits per heavy atom. The summed E-state index contributed by atoms with van der Waals surface area (Å²) in [5.41, 5.74) is -1.04. The van der Waals surface area contributed by atoms with Crippen LogP contribution in [-0.4, -0.2) is 30.2 Å². The van der Waals surface area contributed by atoms with Crippen LogP contribution in [0.2, 0.25) is 0 Å². The fourth-order valence-electron chi connectivity index (χ4n) is 1.98. The van der Waals surface area contributed by atoms with Gasteiger partial charge < -0.3 is 4.90 Å². The van der Waals surface area contributed by atoms with Crippen LogP contribution in [0, 0.1) is 12.3 Å². The van der Waals surface area contributed by atoms with Crippen LogP contribution in [0.1, 0.15) is 33.6 Å². The highest BCUT2D eigenvalue weighted by Crippen LogP contribution is 2.21. The van der Waals surface area contributed by atoms with Crippen molar-refractivity contribution in [3.05, 3.63) is 6.42 Å². The molecule has 0 aromatic carbocycles. The van der Waals surface area contributed by atoms with Gasteiger partial charge in [0.25, 0.3) is 0 Å². The number of alkyl halides is 1. The molecule has 0 saturated carbocycles. The Kier molecular flexibility index (Phi) is 3.72. The molecule has 0 aromatic rings. The molecular formula is C11H21FN. The summed E-state index contributed by atoms with van der Waals surface area (Å²) < 4.78 is 13.3. The molecule has 0 atom stereocenters. The largest absolute Gasteiger partial charge is 0.300 e. The molecular weight excluding hydrogens is 165 g/mol.